The second kappa shape index (κ2) is 11.9. The van der Waals surface area contributed by atoms with Gasteiger partial charge in [-0.05, 0) is 23.3 Å². The zero-order valence-electron chi connectivity index (χ0n) is 17.4. The highest BCUT2D eigenvalue weighted by Crippen LogP contribution is 2.08. The van der Waals surface area contributed by atoms with Gasteiger partial charge in [0.2, 0.25) is 0 Å². The maximum Gasteiger partial charge on any atom is 0.329 e. The Morgan fingerprint density at radius 3 is 1.75 bits per heavy atom. The van der Waals surface area contributed by atoms with Crippen molar-refractivity contribution in [1.29, 1.82) is 0 Å². The monoisotopic (exact) mass is 432 g/mol. The SMILES string of the molecule is O=C(Nc1ccccc1)N[C@H](CC(=O)OCc1ccccc1)C(=O)OCc1ccccc1. The van der Waals surface area contributed by atoms with E-state index in [2.05, 4.69) is 10.6 Å². The average molecular weight is 432 g/mol. The van der Waals surface area contributed by atoms with Gasteiger partial charge in [0.25, 0.3) is 0 Å². The molecule has 0 aromatic heterocycles. The normalized spacial score (nSPS) is 11.1. The van der Waals surface area contributed by atoms with Crippen molar-refractivity contribution in [1.82, 2.24) is 5.32 Å². The van der Waals surface area contributed by atoms with Gasteiger partial charge in [0.05, 0.1) is 6.42 Å². The predicted octanol–water partition coefficient (Wildman–Crippen LogP) is 4.05. The summed E-state index contributed by atoms with van der Waals surface area (Å²) in [6.45, 7) is 0.0961. The number of carbonyl (C=O) groups excluding carboxylic acids is 3. The molecule has 3 aromatic carbocycles. The molecule has 2 N–H and O–H groups in total. The molecule has 0 saturated carbocycles. The third-order valence-corrected chi connectivity index (χ3v) is 4.46. The molecule has 3 rings (SSSR count). The molecule has 1 atom stereocenters. The Kier molecular flexibility index (Phi) is 8.39. The standard InChI is InChI=1S/C25H24N2O5/c28-23(31-17-19-10-4-1-5-11-19)16-22(24(29)32-18-20-12-6-2-7-13-20)27-25(30)26-21-14-8-3-9-15-21/h1-15,22H,16-18H2,(H2,26,27,30)/t22-/m1/s1. The van der Waals surface area contributed by atoms with Crippen LogP contribution in [0.5, 0.6) is 0 Å². The number of urea groups is 1. The summed E-state index contributed by atoms with van der Waals surface area (Å²) in [6, 6.07) is 25.2. The topological polar surface area (TPSA) is 93.7 Å². The number of ether oxygens (including phenoxy) is 2. The highest BCUT2D eigenvalue weighted by molar-refractivity contribution is 5.93. The fourth-order valence-electron chi connectivity index (χ4n) is 2.83. The van der Waals surface area contributed by atoms with E-state index < -0.39 is 24.0 Å². The van der Waals surface area contributed by atoms with Crippen LogP contribution in [0.2, 0.25) is 0 Å². The number of hydrogen-bond donors (Lipinski definition) is 2. The van der Waals surface area contributed by atoms with Gasteiger partial charge in [0.1, 0.15) is 19.3 Å². The lowest BCUT2D eigenvalue weighted by molar-refractivity contribution is -0.153. The summed E-state index contributed by atoms with van der Waals surface area (Å²) in [7, 11) is 0. The Morgan fingerprint density at radius 1 is 0.688 bits per heavy atom. The molecule has 2 amide bonds. The molecule has 0 aliphatic rings. The molecule has 0 aliphatic heterocycles. The molecule has 164 valence electrons. The minimum Gasteiger partial charge on any atom is -0.461 e. The molecule has 0 fully saturated rings. The van der Waals surface area contributed by atoms with E-state index in [0.717, 1.165) is 11.1 Å². The molecule has 32 heavy (non-hydrogen) atoms. The number of anilines is 1. The average Bonchev–Trinajstić information content (AvgIpc) is 2.83. The molecule has 7 heteroatoms. The van der Waals surface area contributed by atoms with E-state index in [-0.39, 0.29) is 19.6 Å². The van der Waals surface area contributed by atoms with Crippen molar-refractivity contribution in [3.63, 3.8) is 0 Å². The quantitative estimate of drug-likeness (QED) is 0.498. The first-order chi connectivity index (χ1) is 15.6. The number of para-hydroxylation sites is 1. The zero-order chi connectivity index (χ0) is 22.6. The Hall–Kier alpha value is -4.13. The molecular formula is C25H24N2O5. The Labute approximate surface area is 186 Å². The van der Waals surface area contributed by atoms with E-state index in [1.54, 1.807) is 24.3 Å². The molecule has 3 aromatic rings. The molecule has 0 heterocycles. The lowest BCUT2D eigenvalue weighted by atomic mass is 10.2. The lowest BCUT2D eigenvalue weighted by Gasteiger charge is -2.18. The third-order valence-electron chi connectivity index (χ3n) is 4.46. The summed E-state index contributed by atoms with van der Waals surface area (Å²) in [6.07, 6.45) is -0.358. The Balaban J connectivity index is 1.60. The van der Waals surface area contributed by atoms with E-state index in [9.17, 15) is 14.4 Å². The van der Waals surface area contributed by atoms with Crippen molar-refractivity contribution in [2.75, 3.05) is 5.32 Å². The predicted molar refractivity (Wildman–Crippen MR) is 119 cm³/mol. The van der Waals surface area contributed by atoms with Gasteiger partial charge in [-0.25, -0.2) is 9.59 Å². The van der Waals surface area contributed by atoms with Crippen molar-refractivity contribution in [2.45, 2.75) is 25.7 Å². The summed E-state index contributed by atoms with van der Waals surface area (Å²) < 4.78 is 10.6. The van der Waals surface area contributed by atoms with Crippen LogP contribution in [0.4, 0.5) is 10.5 Å². The number of benzene rings is 3. The smallest absolute Gasteiger partial charge is 0.329 e. The van der Waals surface area contributed by atoms with Crippen molar-refractivity contribution < 1.29 is 23.9 Å². The number of amides is 2. The zero-order valence-corrected chi connectivity index (χ0v) is 17.4. The van der Waals surface area contributed by atoms with Gasteiger partial charge in [-0.2, -0.15) is 0 Å². The first-order valence-corrected chi connectivity index (χ1v) is 10.1. The van der Waals surface area contributed by atoms with Gasteiger partial charge in [-0.15, -0.1) is 0 Å². The van der Waals surface area contributed by atoms with Crippen molar-refractivity contribution in [3.05, 3.63) is 102 Å². The van der Waals surface area contributed by atoms with Gasteiger partial charge in [0.15, 0.2) is 0 Å². The summed E-state index contributed by atoms with van der Waals surface area (Å²) in [5, 5.41) is 5.13. The van der Waals surface area contributed by atoms with Crippen LogP contribution in [0.15, 0.2) is 91.0 Å². The van der Waals surface area contributed by atoms with Crippen LogP contribution >= 0.6 is 0 Å². The molecular weight excluding hydrogens is 408 g/mol. The molecule has 0 saturated heterocycles. The number of hydrogen-bond acceptors (Lipinski definition) is 5. The van der Waals surface area contributed by atoms with Crippen molar-refractivity contribution in [3.8, 4) is 0 Å². The van der Waals surface area contributed by atoms with E-state index in [1.807, 2.05) is 66.7 Å². The Morgan fingerprint density at radius 2 is 1.19 bits per heavy atom. The third kappa shape index (κ3) is 7.60. The van der Waals surface area contributed by atoms with Crippen LogP contribution in [0.25, 0.3) is 0 Å². The number of rotatable bonds is 9. The van der Waals surface area contributed by atoms with Crippen LogP contribution in [0.3, 0.4) is 0 Å². The summed E-state index contributed by atoms with van der Waals surface area (Å²) in [5.74, 6) is -1.36. The lowest BCUT2D eigenvalue weighted by Crippen LogP contribution is -2.45. The fourth-order valence-corrected chi connectivity index (χ4v) is 2.83. The van der Waals surface area contributed by atoms with Crippen LogP contribution in [-0.4, -0.2) is 24.0 Å². The number of esters is 2. The molecule has 0 spiro atoms. The largest absolute Gasteiger partial charge is 0.461 e. The summed E-state index contributed by atoms with van der Waals surface area (Å²) >= 11 is 0. The van der Waals surface area contributed by atoms with Gasteiger partial charge in [-0.1, -0.05) is 78.9 Å². The second-order valence-corrected chi connectivity index (χ2v) is 6.96. The van der Waals surface area contributed by atoms with E-state index in [1.165, 1.54) is 0 Å². The Bertz CT molecular complexity index is 1010. The summed E-state index contributed by atoms with van der Waals surface area (Å²) in [5.41, 5.74) is 2.16. The fraction of sp³-hybridized carbons (Fsp3) is 0.160. The first-order valence-electron chi connectivity index (χ1n) is 10.1. The highest BCUT2D eigenvalue weighted by atomic mass is 16.5. The van der Waals surface area contributed by atoms with Gasteiger partial charge in [0, 0.05) is 5.69 Å². The molecule has 0 unspecified atom stereocenters. The number of carbonyl (C=O) groups is 3. The van der Waals surface area contributed by atoms with Gasteiger partial charge in [-0.3, -0.25) is 4.79 Å². The molecule has 0 radical (unpaired) electrons. The van der Waals surface area contributed by atoms with Crippen LogP contribution in [-0.2, 0) is 32.3 Å². The summed E-state index contributed by atoms with van der Waals surface area (Å²) in [4.78, 5) is 37.4. The van der Waals surface area contributed by atoms with Crippen LogP contribution < -0.4 is 10.6 Å². The molecule has 0 aliphatic carbocycles. The van der Waals surface area contributed by atoms with Crippen molar-refractivity contribution >= 4 is 23.7 Å². The second-order valence-electron chi connectivity index (χ2n) is 6.96. The van der Waals surface area contributed by atoms with Crippen molar-refractivity contribution in [2.24, 2.45) is 0 Å². The maximum atomic E-state index is 12.6. The van der Waals surface area contributed by atoms with Gasteiger partial charge >= 0.3 is 18.0 Å². The van der Waals surface area contributed by atoms with E-state index in [0.29, 0.717) is 5.69 Å². The minimum atomic E-state index is -1.20. The molecule has 0 bridgehead atoms. The highest BCUT2D eigenvalue weighted by Gasteiger charge is 2.26. The first kappa shape index (κ1) is 22.6. The number of nitrogens with one attached hydrogen (secondary N) is 2. The molecule has 7 nitrogen and oxygen atoms in total. The minimum absolute atomic E-state index is 0.0250. The maximum absolute atomic E-state index is 12.6. The van der Waals surface area contributed by atoms with E-state index >= 15 is 0 Å². The van der Waals surface area contributed by atoms with Crippen LogP contribution in [0.1, 0.15) is 17.5 Å². The van der Waals surface area contributed by atoms with Gasteiger partial charge < -0.3 is 20.1 Å². The van der Waals surface area contributed by atoms with E-state index in [4.69, 9.17) is 9.47 Å². The van der Waals surface area contributed by atoms with Crippen LogP contribution in [0, 0.1) is 0 Å².